The Morgan fingerprint density at radius 1 is 1.29 bits per heavy atom. The number of hydrogen-bond acceptors (Lipinski definition) is 4. The van der Waals surface area contributed by atoms with E-state index in [1.165, 1.54) is 30.9 Å². The number of carbonyl (C=O) groups excluding carboxylic acids is 1. The minimum absolute atomic E-state index is 0.105. The Morgan fingerprint density at radius 2 is 2.14 bits per heavy atom. The van der Waals surface area contributed by atoms with Gasteiger partial charge in [-0.2, -0.15) is 0 Å². The molecule has 1 aromatic carbocycles. The van der Waals surface area contributed by atoms with Crippen LogP contribution >= 0.6 is 0 Å². The molecule has 0 aliphatic heterocycles. The topological polar surface area (TPSA) is 68.3 Å². The number of furan rings is 1. The number of amides is 1. The van der Waals surface area contributed by atoms with Crippen molar-refractivity contribution in [3.8, 4) is 11.5 Å². The van der Waals surface area contributed by atoms with Gasteiger partial charge in [0.1, 0.15) is 5.82 Å². The molecule has 0 bridgehead atoms. The zero-order valence-electron chi connectivity index (χ0n) is 11.1. The number of rotatable bonds is 3. The van der Waals surface area contributed by atoms with Gasteiger partial charge in [-0.15, -0.1) is 0 Å². The van der Waals surface area contributed by atoms with Gasteiger partial charge < -0.3 is 14.2 Å². The first-order chi connectivity index (χ1) is 10.1. The third-order valence-corrected chi connectivity index (χ3v) is 2.96. The molecular weight excluding hydrogens is 275 g/mol. The summed E-state index contributed by atoms with van der Waals surface area (Å²) in [6, 6.07) is 7.46. The monoisotopic (exact) mass is 286 g/mol. The summed E-state index contributed by atoms with van der Waals surface area (Å²) in [6.45, 7) is 1.70. The predicted molar refractivity (Wildman–Crippen MR) is 73.3 cm³/mol. The Labute approximate surface area is 119 Å². The van der Waals surface area contributed by atoms with Gasteiger partial charge in [-0.25, -0.2) is 9.37 Å². The highest BCUT2D eigenvalue weighted by Gasteiger charge is 2.20. The molecule has 0 radical (unpaired) electrons. The molecule has 0 saturated heterocycles. The summed E-state index contributed by atoms with van der Waals surface area (Å²) in [6.07, 6.45) is 2.65. The van der Waals surface area contributed by atoms with E-state index in [1.807, 2.05) is 0 Å². The van der Waals surface area contributed by atoms with E-state index in [-0.39, 0.29) is 17.3 Å². The predicted octanol–water partition coefficient (Wildman–Crippen LogP) is 3.63. The highest BCUT2D eigenvalue weighted by molar-refractivity contribution is 6.06. The average Bonchev–Trinajstić information content (AvgIpc) is 3.10. The van der Waals surface area contributed by atoms with Crippen molar-refractivity contribution in [1.82, 2.24) is 4.98 Å². The number of nitrogens with one attached hydrogen (secondary N) is 1. The van der Waals surface area contributed by atoms with Crippen LogP contribution in [-0.4, -0.2) is 10.9 Å². The molecule has 2 aromatic heterocycles. The smallest absolute Gasteiger partial charge is 0.278 e. The first-order valence-corrected chi connectivity index (χ1v) is 6.20. The summed E-state index contributed by atoms with van der Waals surface area (Å²) in [7, 11) is 0. The molecule has 1 amide bonds. The quantitative estimate of drug-likeness (QED) is 0.798. The van der Waals surface area contributed by atoms with E-state index in [0.29, 0.717) is 17.0 Å². The third kappa shape index (κ3) is 2.55. The zero-order chi connectivity index (χ0) is 14.8. The number of carbonyl (C=O) groups is 1. The molecule has 21 heavy (non-hydrogen) atoms. The maximum atomic E-state index is 13.1. The lowest BCUT2D eigenvalue weighted by molar-refractivity contribution is 0.102. The molecule has 5 nitrogen and oxygen atoms in total. The molecule has 0 fully saturated rings. The van der Waals surface area contributed by atoms with Crippen LogP contribution in [0.4, 0.5) is 10.1 Å². The summed E-state index contributed by atoms with van der Waals surface area (Å²) in [5, 5.41) is 2.67. The van der Waals surface area contributed by atoms with E-state index >= 15 is 0 Å². The van der Waals surface area contributed by atoms with Gasteiger partial charge in [0, 0.05) is 5.69 Å². The number of halogens is 1. The Balaban J connectivity index is 1.88. The van der Waals surface area contributed by atoms with Gasteiger partial charge in [-0.1, -0.05) is 0 Å². The molecule has 1 N–H and O–H groups in total. The first-order valence-electron chi connectivity index (χ1n) is 6.20. The van der Waals surface area contributed by atoms with Crippen LogP contribution in [-0.2, 0) is 0 Å². The third-order valence-electron chi connectivity index (χ3n) is 2.96. The number of benzene rings is 1. The number of oxazole rings is 1. The fraction of sp³-hybridized carbons (Fsp3) is 0.0667. The molecule has 3 aromatic rings. The van der Waals surface area contributed by atoms with Crippen LogP contribution in [0.2, 0.25) is 0 Å². The van der Waals surface area contributed by atoms with E-state index in [1.54, 1.807) is 19.1 Å². The van der Waals surface area contributed by atoms with Crippen LogP contribution in [0, 0.1) is 12.7 Å². The van der Waals surface area contributed by atoms with Crippen LogP contribution in [0.25, 0.3) is 11.5 Å². The lowest BCUT2D eigenvalue weighted by atomic mass is 10.2. The van der Waals surface area contributed by atoms with Crippen LogP contribution in [0.1, 0.15) is 16.1 Å². The van der Waals surface area contributed by atoms with Gasteiger partial charge in [0.05, 0.1) is 6.26 Å². The average molecular weight is 286 g/mol. The Hall–Kier alpha value is -2.89. The number of hydrogen-bond donors (Lipinski definition) is 1. The summed E-state index contributed by atoms with van der Waals surface area (Å²) < 4.78 is 23.4. The maximum Gasteiger partial charge on any atom is 0.278 e. The molecule has 0 saturated carbocycles. The number of aryl methyl sites for hydroxylation is 1. The summed E-state index contributed by atoms with van der Waals surface area (Å²) in [5.74, 6) is -0.154. The second kappa shape index (κ2) is 5.24. The van der Waals surface area contributed by atoms with Gasteiger partial charge in [0.25, 0.3) is 5.91 Å². The number of anilines is 1. The first kappa shape index (κ1) is 13.1. The van der Waals surface area contributed by atoms with E-state index < -0.39 is 5.91 Å². The Bertz CT molecular complexity index is 778. The maximum absolute atomic E-state index is 13.1. The molecule has 106 valence electrons. The van der Waals surface area contributed by atoms with Crippen LogP contribution < -0.4 is 5.32 Å². The second-order valence-electron chi connectivity index (χ2n) is 4.42. The van der Waals surface area contributed by atoms with Crippen molar-refractivity contribution in [2.75, 3.05) is 5.32 Å². The standard InChI is InChI=1S/C15H11FN2O3/c1-9-7-10(16)4-5-11(9)18-15(19)13-14(21-8-17-13)12-3-2-6-20-12/h2-8H,1H3,(H,18,19). The van der Waals surface area contributed by atoms with E-state index in [4.69, 9.17) is 8.83 Å². The number of nitrogens with zero attached hydrogens (tertiary/aromatic N) is 1. The highest BCUT2D eigenvalue weighted by Crippen LogP contribution is 2.24. The van der Waals surface area contributed by atoms with Crippen molar-refractivity contribution in [3.05, 3.63) is 60.1 Å². The largest absolute Gasteiger partial charge is 0.461 e. The molecule has 0 aliphatic carbocycles. The SMILES string of the molecule is Cc1cc(F)ccc1NC(=O)c1ncoc1-c1ccco1. The second-order valence-corrected chi connectivity index (χ2v) is 4.42. The summed E-state index contributed by atoms with van der Waals surface area (Å²) >= 11 is 0. The molecule has 0 atom stereocenters. The van der Waals surface area contributed by atoms with Gasteiger partial charge in [0.15, 0.2) is 17.8 Å². The van der Waals surface area contributed by atoms with Crippen LogP contribution in [0.15, 0.2) is 51.8 Å². The lowest BCUT2D eigenvalue weighted by Crippen LogP contribution is -2.14. The van der Waals surface area contributed by atoms with E-state index in [0.717, 1.165) is 0 Å². The van der Waals surface area contributed by atoms with Crippen molar-refractivity contribution >= 4 is 11.6 Å². The molecule has 0 aliphatic rings. The molecule has 2 heterocycles. The summed E-state index contributed by atoms with van der Waals surface area (Å²) in [4.78, 5) is 16.2. The Kier molecular flexibility index (Phi) is 3.27. The molecule has 3 rings (SSSR count). The molecule has 0 spiro atoms. The molecule has 0 unspecified atom stereocenters. The molecular formula is C15H11FN2O3. The summed E-state index contributed by atoms with van der Waals surface area (Å²) in [5.41, 5.74) is 1.23. The van der Waals surface area contributed by atoms with Gasteiger partial charge >= 0.3 is 0 Å². The Morgan fingerprint density at radius 3 is 2.86 bits per heavy atom. The fourth-order valence-corrected chi connectivity index (χ4v) is 1.94. The van der Waals surface area contributed by atoms with Crippen LogP contribution in [0.3, 0.4) is 0 Å². The normalized spacial score (nSPS) is 10.6. The van der Waals surface area contributed by atoms with E-state index in [9.17, 15) is 9.18 Å². The van der Waals surface area contributed by atoms with Crippen molar-refractivity contribution in [2.24, 2.45) is 0 Å². The van der Waals surface area contributed by atoms with Gasteiger partial charge in [0.2, 0.25) is 5.76 Å². The van der Waals surface area contributed by atoms with Gasteiger partial charge in [-0.3, -0.25) is 4.79 Å². The van der Waals surface area contributed by atoms with Crippen LogP contribution in [0.5, 0.6) is 0 Å². The fourth-order valence-electron chi connectivity index (χ4n) is 1.94. The number of aromatic nitrogens is 1. The van der Waals surface area contributed by atoms with Gasteiger partial charge in [-0.05, 0) is 42.8 Å². The zero-order valence-corrected chi connectivity index (χ0v) is 11.1. The van der Waals surface area contributed by atoms with E-state index in [2.05, 4.69) is 10.3 Å². The van der Waals surface area contributed by atoms with Crippen molar-refractivity contribution in [3.63, 3.8) is 0 Å². The highest BCUT2D eigenvalue weighted by atomic mass is 19.1. The van der Waals surface area contributed by atoms with Crippen molar-refractivity contribution < 1.29 is 18.0 Å². The van der Waals surface area contributed by atoms with Crippen molar-refractivity contribution in [1.29, 1.82) is 0 Å². The lowest BCUT2D eigenvalue weighted by Gasteiger charge is -2.07. The molecule has 6 heteroatoms. The minimum atomic E-state index is -0.454. The minimum Gasteiger partial charge on any atom is -0.461 e. The van der Waals surface area contributed by atoms with Crippen molar-refractivity contribution in [2.45, 2.75) is 6.92 Å².